The highest BCUT2D eigenvalue weighted by molar-refractivity contribution is 7.98. The van der Waals surface area contributed by atoms with Gasteiger partial charge in [0.2, 0.25) is 0 Å². The lowest BCUT2D eigenvalue weighted by molar-refractivity contribution is 0.864. The molecular weight excluding hydrogens is 178 g/mol. The van der Waals surface area contributed by atoms with Gasteiger partial charge in [0, 0.05) is 22.9 Å². The van der Waals surface area contributed by atoms with Crippen molar-refractivity contribution in [2.45, 2.75) is 24.7 Å². The molecule has 1 aromatic rings. The van der Waals surface area contributed by atoms with Gasteiger partial charge in [0.15, 0.2) is 0 Å². The first kappa shape index (κ1) is 8.61. The van der Waals surface area contributed by atoms with Crippen molar-refractivity contribution in [2.75, 3.05) is 0 Å². The fourth-order valence-electron chi connectivity index (χ4n) is 1.29. The van der Waals surface area contributed by atoms with Crippen LogP contribution in [-0.2, 0) is 0 Å². The predicted octanol–water partition coefficient (Wildman–Crippen LogP) is 3.51. The van der Waals surface area contributed by atoms with Gasteiger partial charge >= 0.3 is 0 Å². The minimum atomic E-state index is 0.586. The second-order valence-electron chi connectivity index (χ2n) is 3.41. The summed E-state index contributed by atoms with van der Waals surface area (Å²) in [7, 11) is 0. The van der Waals surface area contributed by atoms with Crippen molar-refractivity contribution in [3.63, 3.8) is 0 Å². The van der Waals surface area contributed by atoms with E-state index in [0.717, 1.165) is 0 Å². The molecule has 0 bridgehead atoms. The normalized spacial score (nSPS) is 13.5. The lowest BCUT2D eigenvalue weighted by atomic mass is 10.0. The van der Waals surface area contributed by atoms with E-state index in [4.69, 9.17) is 0 Å². The van der Waals surface area contributed by atoms with Crippen molar-refractivity contribution in [3.8, 4) is 0 Å². The number of benzene rings is 1. The Kier molecular flexibility index (Phi) is 2.26. The van der Waals surface area contributed by atoms with Crippen molar-refractivity contribution in [1.29, 1.82) is 0 Å². The highest BCUT2D eigenvalue weighted by Crippen LogP contribution is 2.29. The predicted molar refractivity (Wildman–Crippen MR) is 58.3 cm³/mol. The molecule has 1 heterocycles. The lowest BCUT2D eigenvalue weighted by Crippen LogP contribution is -1.90. The van der Waals surface area contributed by atoms with Gasteiger partial charge < -0.3 is 0 Å². The average molecular weight is 189 g/mol. The van der Waals surface area contributed by atoms with Crippen LogP contribution in [0.15, 0.2) is 27.5 Å². The van der Waals surface area contributed by atoms with Crippen LogP contribution in [0.2, 0.25) is 0 Å². The fraction of sp³-hybridized carbons (Fsp3) is 0.273. The van der Waals surface area contributed by atoms with Gasteiger partial charge in [-0.15, -0.1) is 0 Å². The molecule has 0 aromatic heterocycles. The summed E-state index contributed by atoms with van der Waals surface area (Å²) in [5, 5.41) is 0. The summed E-state index contributed by atoms with van der Waals surface area (Å²) in [4.78, 5) is 1.23. The van der Waals surface area contributed by atoms with E-state index in [2.05, 4.69) is 42.3 Å². The van der Waals surface area contributed by atoms with Crippen LogP contribution in [0.5, 0.6) is 0 Å². The molecular formula is C11H11NS. The largest absolute Gasteiger partial charge is 0.168 e. The standard InChI is InChI=1S/C11H11NS/c1-8(2)9-3-4-11-10(7-9)5-6-12-13-11/h3-5,7-8H,1-2H3. The third kappa shape index (κ3) is 1.69. The smallest absolute Gasteiger partial charge is 0.0392 e. The van der Waals surface area contributed by atoms with E-state index >= 15 is 0 Å². The Balaban J connectivity index is 2.48. The van der Waals surface area contributed by atoms with Crippen LogP contribution < -0.4 is 0 Å². The summed E-state index contributed by atoms with van der Waals surface area (Å²) >= 11 is 1.49. The maximum Gasteiger partial charge on any atom is 0.0392 e. The third-order valence-corrected chi connectivity index (χ3v) is 2.88. The van der Waals surface area contributed by atoms with Crippen LogP contribution in [0.3, 0.4) is 0 Å². The van der Waals surface area contributed by atoms with Gasteiger partial charge in [-0.2, -0.15) is 4.40 Å². The van der Waals surface area contributed by atoms with Crippen LogP contribution in [-0.4, -0.2) is 5.87 Å². The number of nitrogens with zero attached hydrogens (tertiary/aromatic N) is 1. The molecule has 0 unspecified atom stereocenters. The molecule has 1 aliphatic rings. The van der Waals surface area contributed by atoms with E-state index in [9.17, 15) is 0 Å². The van der Waals surface area contributed by atoms with Gasteiger partial charge in [-0.3, -0.25) is 0 Å². The zero-order valence-corrected chi connectivity index (χ0v) is 8.56. The van der Waals surface area contributed by atoms with Crippen molar-refractivity contribution in [2.24, 2.45) is 4.40 Å². The molecule has 1 nitrogen and oxygen atoms in total. The molecule has 0 radical (unpaired) electrons. The second-order valence-corrected chi connectivity index (χ2v) is 4.21. The maximum absolute atomic E-state index is 4.00. The lowest BCUT2D eigenvalue weighted by Gasteiger charge is -2.09. The number of hydrogen-bond donors (Lipinski definition) is 0. The Morgan fingerprint density at radius 3 is 3.00 bits per heavy atom. The highest BCUT2D eigenvalue weighted by Gasteiger charge is 2.06. The molecule has 1 aromatic carbocycles. The molecule has 0 amide bonds. The van der Waals surface area contributed by atoms with E-state index in [1.807, 2.05) is 6.08 Å². The van der Waals surface area contributed by atoms with Crippen LogP contribution in [0.4, 0.5) is 0 Å². The first-order valence-corrected chi connectivity index (χ1v) is 5.14. The van der Waals surface area contributed by atoms with Crippen LogP contribution in [0.1, 0.15) is 30.9 Å². The highest BCUT2D eigenvalue weighted by atomic mass is 32.2. The summed E-state index contributed by atoms with van der Waals surface area (Å²) in [6, 6.07) is 6.52. The minimum absolute atomic E-state index is 0.586. The molecule has 0 fully saturated rings. The Morgan fingerprint density at radius 1 is 1.38 bits per heavy atom. The third-order valence-electron chi connectivity index (χ3n) is 2.12. The molecule has 2 rings (SSSR count). The monoisotopic (exact) mass is 189 g/mol. The van der Waals surface area contributed by atoms with Crippen LogP contribution >= 0.6 is 11.9 Å². The molecule has 2 heteroatoms. The zero-order valence-electron chi connectivity index (χ0n) is 7.74. The van der Waals surface area contributed by atoms with Crippen molar-refractivity contribution >= 4 is 23.9 Å². The van der Waals surface area contributed by atoms with Gasteiger partial charge in [-0.05, 0) is 35.0 Å². The molecule has 0 atom stereocenters. The Bertz CT molecular complexity index is 387. The Labute approximate surface area is 82.7 Å². The summed E-state index contributed by atoms with van der Waals surface area (Å²) < 4.78 is 4.00. The zero-order chi connectivity index (χ0) is 9.26. The molecule has 1 aliphatic heterocycles. The number of rotatable bonds is 1. The van der Waals surface area contributed by atoms with Crippen molar-refractivity contribution < 1.29 is 0 Å². The van der Waals surface area contributed by atoms with E-state index in [1.165, 1.54) is 28.0 Å². The second kappa shape index (κ2) is 3.41. The Hall–Kier alpha value is -0.980. The number of hydrogen-bond acceptors (Lipinski definition) is 2. The average Bonchev–Trinajstić information content (AvgIpc) is 2.17. The van der Waals surface area contributed by atoms with Gasteiger partial charge in [0.05, 0.1) is 0 Å². The molecule has 13 heavy (non-hydrogen) atoms. The molecule has 66 valence electrons. The van der Waals surface area contributed by atoms with Gasteiger partial charge in [0.25, 0.3) is 0 Å². The van der Waals surface area contributed by atoms with E-state index in [0.29, 0.717) is 5.92 Å². The van der Waals surface area contributed by atoms with E-state index in [-0.39, 0.29) is 0 Å². The first-order valence-electron chi connectivity index (χ1n) is 4.37. The van der Waals surface area contributed by atoms with E-state index in [1.54, 1.807) is 0 Å². The van der Waals surface area contributed by atoms with Crippen molar-refractivity contribution in [3.05, 3.63) is 29.3 Å². The van der Waals surface area contributed by atoms with Crippen molar-refractivity contribution in [1.82, 2.24) is 0 Å². The molecule has 0 N–H and O–H groups in total. The molecule has 0 saturated carbocycles. The molecule has 0 aliphatic carbocycles. The quantitative estimate of drug-likeness (QED) is 0.616. The minimum Gasteiger partial charge on any atom is -0.168 e. The fourth-order valence-corrected chi connectivity index (χ4v) is 1.85. The Morgan fingerprint density at radius 2 is 2.23 bits per heavy atom. The molecule has 0 spiro atoms. The van der Waals surface area contributed by atoms with Gasteiger partial charge in [-0.25, -0.2) is 0 Å². The number of fused-ring (bicyclic) bond motifs is 1. The van der Waals surface area contributed by atoms with Crippen LogP contribution in [0, 0.1) is 0 Å². The van der Waals surface area contributed by atoms with Gasteiger partial charge in [-0.1, -0.05) is 19.9 Å². The van der Waals surface area contributed by atoms with Crippen LogP contribution in [0.25, 0.3) is 6.08 Å². The van der Waals surface area contributed by atoms with Gasteiger partial charge in [0.1, 0.15) is 0 Å². The summed E-state index contributed by atoms with van der Waals surface area (Å²) in [5.41, 5.74) is 2.62. The summed E-state index contributed by atoms with van der Waals surface area (Å²) in [5.74, 6) is 3.46. The van der Waals surface area contributed by atoms with E-state index < -0.39 is 0 Å². The SMILES string of the molecule is CC(C)c1ccc2c(c1)C=C=NS2. The topological polar surface area (TPSA) is 12.4 Å². The molecule has 0 saturated heterocycles. The summed E-state index contributed by atoms with van der Waals surface area (Å²) in [6.07, 6.45) is 1.94. The maximum atomic E-state index is 4.00. The first-order chi connectivity index (χ1) is 6.27. The summed E-state index contributed by atoms with van der Waals surface area (Å²) in [6.45, 7) is 4.41.